The molecule has 0 fully saturated rings. The molecule has 0 bridgehead atoms. The molecule has 0 saturated heterocycles. The van der Waals surface area contributed by atoms with Gasteiger partial charge in [0.15, 0.2) is 0 Å². The van der Waals surface area contributed by atoms with Crippen molar-refractivity contribution in [1.29, 1.82) is 0 Å². The molecule has 1 aliphatic rings. The number of ether oxygens (including phenoxy) is 1. The first-order chi connectivity index (χ1) is 29.7. The minimum absolute atomic E-state index is 0.0442. The average molecular weight is 843 g/mol. The lowest BCUT2D eigenvalue weighted by Gasteiger charge is -2.29. The summed E-state index contributed by atoms with van der Waals surface area (Å²) >= 11 is 0. The molecular weight excluding hydrogens is 790 g/mol. The van der Waals surface area contributed by atoms with Gasteiger partial charge in [-0.05, 0) is 123 Å². The van der Waals surface area contributed by atoms with E-state index in [0.717, 1.165) is 45.5 Å². The molecule has 8 aromatic rings. The number of benzene rings is 6. The molecule has 0 unspecified atom stereocenters. The summed E-state index contributed by atoms with van der Waals surface area (Å²) in [6.07, 6.45) is -2.72. The Morgan fingerprint density at radius 3 is 1.84 bits per heavy atom. The maximum absolute atomic E-state index is 14.0. The number of nitrogens with zero attached hydrogens (tertiary/aromatic N) is 4. The highest BCUT2D eigenvalue weighted by Crippen LogP contribution is 2.48. The van der Waals surface area contributed by atoms with Gasteiger partial charge in [-0.2, -0.15) is 13.2 Å². The van der Waals surface area contributed by atoms with E-state index in [1.54, 1.807) is 6.20 Å². The Kier molecular flexibility index (Phi) is 10.0. The summed E-state index contributed by atoms with van der Waals surface area (Å²) < 4.78 is 50.7. The predicted octanol–water partition coefficient (Wildman–Crippen LogP) is 15.8. The summed E-state index contributed by atoms with van der Waals surface area (Å²) in [7, 11) is 0. The Labute approximate surface area is 368 Å². The quantitative estimate of drug-likeness (QED) is 0.167. The fraction of sp³-hybridized carbons (Fsp3) is 0.255. The van der Waals surface area contributed by atoms with Crippen molar-refractivity contribution in [3.05, 3.63) is 168 Å². The van der Waals surface area contributed by atoms with Gasteiger partial charge in [-0.15, -0.1) is 0 Å². The maximum atomic E-state index is 14.0. The van der Waals surface area contributed by atoms with Gasteiger partial charge in [0, 0.05) is 40.5 Å². The smallest absolute Gasteiger partial charge is 0.416 e. The van der Waals surface area contributed by atoms with Gasteiger partial charge >= 0.3 is 6.18 Å². The molecule has 1 aliphatic heterocycles. The van der Waals surface area contributed by atoms with E-state index in [9.17, 15) is 13.2 Å². The van der Waals surface area contributed by atoms with Crippen LogP contribution in [0.25, 0.3) is 38.8 Å². The highest BCUT2D eigenvalue weighted by Gasteiger charge is 2.33. The predicted molar refractivity (Wildman–Crippen MR) is 254 cm³/mol. The van der Waals surface area contributed by atoms with E-state index in [4.69, 9.17) is 9.72 Å². The number of rotatable bonds is 6. The Morgan fingerprint density at radius 1 is 0.476 bits per heavy atom. The van der Waals surface area contributed by atoms with Crippen molar-refractivity contribution in [3.63, 3.8) is 0 Å². The zero-order valence-corrected chi connectivity index (χ0v) is 37.4. The van der Waals surface area contributed by atoms with Crippen LogP contribution in [0.2, 0.25) is 0 Å². The molecule has 0 N–H and O–H groups in total. The van der Waals surface area contributed by atoms with E-state index in [1.165, 1.54) is 23.3 Å². The summed E-state index contributed by atoms with van der Waals surface area (Å²) in [6.45, 7) is 20.6. The van der Waals surface area contributed by atoms with Crippen molar-refractivity contribution < 1.29 is 17.9 Å². The zero-order valence-electron chi connectivity index (χ0n) is 37.4. The second kappa shape index (κ2) is 15.1. The van der Waals surface area contributed by atoms with Crippen molar-refractivity contribution in [3.8, 4) is 28.4 Å². The first-order valence-electron chi connectivity index (χ1n) is 21.5. The molecule has 6 aromatic carbocycles. The SMILES string of the molecule is CC(C)(C)c1cc(N2CN(c3cccc(Oc4ccc5c6cc(C(F)(F)F)ccc6n(-c6cc(C(C)(C)C)ccn6)c5c4)c3)c3cc(-c4ccccc4)ccc32)cc(C(C)(C)C)c1. The van der Waals surface area contributed by atoms with Gasteiger partial charge in [0.1, 0.15) is 24.0 Å². The number of hydrogen-bond acceptors (Lipinski definition) is 4. The maximum Gasteiger partial charge on any atom is 0.416 e. The molecule has 0 amide bonds. The number of alkyl halides is 3. The van der Waals surface area contributed by atoms with E-state index in [0.29, 0.717) is 45.8 Å². The number of anilines is 4. The molecule has 3 heterocycles. The van der Waals surface area contributed by atoms with Crippen LogP contribution < -0.4 is 14.5 Å². The lowest BCUT2D eigenvalue weighted by atomic mass is 9.80. The molecule has 2 aromatic heterocycles. The monoisotopic (exact) mass is 842 g/mol. The van der Waals surface area contributed by atoms with Gasteiger partial charge in [0.25, 0.3) is 0 Å². The highest BCUT2D eigenvalue weighted by atomic mass is 19.4. The number of hydrogen-bond donors (Lipinski definition) is 0. The van der Waals surface area contributed by atoms with Crippen LogP contribution in [-0.2, 0) is 22.4 Å². The highest BCUT2D eigenvalue weighted by molar-refractivity contribution is 6.09. The third-order valence-electron chi connectivity index (χ3n) is 12.2. The molecule has 0 aliphatic carbocycles. The number of fused-ring (bicyclic) bond motifs is 4. The lowest BCUT2D eigenvalue weighted by molar-refractivity contribution is -0.137. The molecule has 0 spiro atoms. The number of aromatic nitrogens is 2. The largest absolute Gasteiger partial charge is 0.457 e. The van der Waals surface area contributed by atoms with Crippen molar-refractivity contribution in [2.45, 2.75) is 84.7 Å². The van der Waals surface area contributed by atoms with E-state index in [-0.39, 0.29) is 16.2 Å². The Balaban J connectivity index is 1.13. The summed E-state index contributed by atoms with van der Waals surface area (Å²) in [6, 6.07) is 45.7. The van der Waals surface area contributed by atoms with Gasteiger partial charge in [0.2, 0.25) is 0 Å². The van der Waals surface area contributed by atoms with Crippen LogP contribution in [0.15, 0.2) is 146 Å². The lowest BCUT2D eigenvalue weighted by Crippen LogP contribution is -2.25. The number of halogens is 3. The molecule has 0 saturated carbocycles. The van der Waals surface area contributed by atoms with Crippen LogP contribution in [0.4, 0.5) is 35.9 Å². The van der Waals surface area contributed by atoms with Crippen molar-refractivity contribution in [2.75, 3.05) is 16.5 Å². The minimum atomic E-state index is -4.48. The van der Waals surface area contributed by atoms with E-state index in [1.807, 2.05) is 53.1 Å². The first kappa shape index (κ1) is 41.8. The van der Waals surface area contributed by atoms with E-state index >= 15 is 0 Å². The van der Waals surface area contributed by atoms with Gasteiger partial charge in [-0.25, -0.2) is 4.98 Å². The van der Waals surface area contributed by atoms with Crippen LogP contribution in [0.1, 0.15) is 84.6 Å². The average Bonchev–Trinajstić information content (AvgIpc) is 3.78. The van der Waals surface area contributed by atoms with Gasteiger partial charge in [-0.1, -0.05) is 111 Å². The van der Waals surface area contributed by atoms with E-state index in [2.05, 4.69) is 145 Å². The standard InChI is InChI=1S/C55H53F3N4O/c1-52(2,3)37-24-25-59-51(31-37)62-47-23-19-38(55(56,57)58)30-46(47)45-21-20-44(33-49(45)62)63-43-17-13-16-41(32-43)60-34-61(42-28-39(53(4,5)6)27-40(29-42)54(7,8)9)48-22-18-36(26-50(48)60)35-14-11-10-12-15-35/h10-33H,34H2,1-9H3. The molecule has 5 nitrogen and oxygen atoms in total. The molecule has 320 valence electrons. The molecule has 8 heteroatoms. The summed E-state index contributed by atoms with van der Waals surface area (Å²) in [5.41, 5.74) is 10.6. The van der Waals surface area contributed by atoms with Crippen LogP contribution in [0.3, 0.4) is 0 Å². The van der Waals surface area contributed by atoms with Gasteiger partial charge in [0.05, 0.1) is 28.0 Å². The van der Waals surface area contributed by atoms with Crippen molar-refractivity contribution in [1.82, 2.24) is 9.55 Å². The first-order valence-corrected chi connectivity index (χ1v) is 21.5. The third-order valence-corrected chi connectivity index (χ3v) is 12.2. The minimum Gasteiger partial charge on any atom is -0.457 e. The second-order valence-electron chi connectivity index (χ2n) is 19.8. The van der Waals surface area contributed by atoms with Crippen LogP contribution in [0.5, 0.6) is 11.5 Å². The molecule has 9 rings (SSSR count). The van der Waals surface area contributed by atoms with Crippen molar-refractivity contribution >= 4 is 44.6 Å². The Morgan fingerprint density at radius 2 is 1.16 bits per heavy atom. The zero-order chi connectivity index (χ0) is 44.6. The summed E-state index contributed by atoms with van der Waals surface area (Å²) in [5, 5.41) is 1.17. The second-order valence-corrected chi connectivity index (χ2v) is 19.8. The molecule has 0 atom stereocenters. The Bertz CT molecular complexity index is 2990. The topological polar surface area (TPSA) is 33.5 Å². The van der Waals surface area contributed by atoms with Crippen LogP contribution in [0, 0.1) is 0 Å². The summed E-state index contributed by atoms with van der Waals surface area (Å²) in [5.74, 6) is 1.80. The van der Waals surface area contributed by atoms with Crippen LogP contribution >= 0.6 is 0 Å². The van der Waals surface area contributed by atoms with Crippen LogP contribution in [-0.4, -0.2) is 16.2 Å². The normalized spacial score (nSPS) is 13.6. The fourth-order valence-electron chi connectivity index (χ4n) is 8.49. The third kappa shape index (κ3) is 8.03. The molecular formula is C55H53F3N4O. The molecule has 0 radical (unpaired) electrons. The Hall–Kier alpha value is -6.54. The fourth-order valence-corrected chi connectivity index (χ4v) is 8.49. The molecule has 63 heavy (non-hydrogen) atoms. The van der Waals surface area contributed by atoms with E-state index < -0.39 is 11.7 Å². The van der Waals surface area contributed by atoms with Gasteiger partial charge in [-0.3, -0.25) is 4.57 Å². The summed E-state index contributed by atoms with van der Waals surface area (Å²) in [4.78, 5) is 9.47. The van der Waals surface area contributed by atoms with Gasteiger partial charge < -0.3 is 14.5 Å². The van der Waals surface area contributed by atoms with Crippen molar-refractivity contribution in [2.24, 2.45) is 0 Å². The number of pyridine rings is 1.